The summed E-state index contributed by atoms with van der Waals surface area (Å²) in [5, 5.41) is 4.41. The molecular weight excluding hydrogens is 299 g/mol. The maximum Gasteiger partial charge on any atom is 0.416 e. The fraction of sp³-hybridized carbons (Fsp3) is 0.429. The Hall–Kier alpha value is -2.09. The van der Waals surface area contributed by atoms with E-state index in [4.69, 9.17) is 0 Å². The van der Waals surface area contributed by atoms with E-state index in [-0.39, 0.29) is 6.54 Å². The van der Waals surface area contributed by atoms with Crippen molar-refractivity contribution in [3.63, 3.8) is 0 Å². The molecule has 1 unspecified atom stereocenters. The first kappa shape index (κ1) is 18.0. The van der Waals surface area contributed by atoms with Crippen molar-refractivity contribution in [3.05, 3.63) is 35.4 Å². The molecule has 0 aliphatic rings. The highest BCUT2D eigenvalue weighted by molar-refractivity contribution is 5.96. The SMILES string of the molecule is CNC(=O)NC(=O)C(C)N(C)Cc1ccc(C(F)(F)F)cc1. The molecule has 0 spiro atoms. The van der Waals surface area contributed by atoms with Crippen LogP contribution in [0.5, 0.6) is 0 Å². The Morgan fingerprint density at radius 1 is 1.23 bits per heavy atom. The minimum atomic E-state index is -4.37. The van der Waals surface area contributed by atoms with Crippen LogP contribution >= 0.6 is 0 Å². The molecule has 1 aromatic rings. The van der Waals surface area contributed by atoms with Crippen molar-refractivity contribution in [3.8, 4) is 0 Å². The quantitative estimate of drug-likeness (QED) is 0.893. The number of hydrogen-bond acceptors (Lipinski definition) is 3. The minimum Gasteiger partial charge on any atom is -0.341 e. The van der Waals surface area contributed by atoms with E-state index in [1.165, 1.54) is 19.2 Å². The van der Waals surface area contributed by atoms with E-state index in [2.05, 4.69) is 10.6 Å². The summed E-state index contributed by atoms with van der Waals surface area (Å²) in [4.78, 5) is 24.5. The smallest absolute Gasteiger partial charge is 0.341 e. The van der Waals surface area contributed by atoms with E-state index in [0.29, 0.717) is 5.56 Å². The van der Waals surface area contributed by atoms with Gasteiger partial charge in [0.1, 0.15) is 0 Å². The molecular formula is C14H18F3N3O2. The largest absolute Gasteiger partial charge is 0.416 e. The van der Waals surface area contributed by atoms with Crippen molar-refractivity contribution in [2.75, 3.05) is 14.1 Å². The van der Waals surface area contributed by atoms with Crippen molar-refractivity contribution < 1.29 is 22.8 Å². The molecule has 22 heavy (non-hydrogen) atoms. The highest BCUT2D eigenvalue weighted by atomic mass is 19.4. The van der Waals surface area contributed by atoms with Crippen LogP contribution in [0.4, 0.5) is 18.0 Å². The van der Waals surface area contributed by atoms with Gasteiger partial charge in [-0.2, -0.15) is 13.2 Å². The number of benzene rings is 1. The molecule has 0 aromatic heterocycles. The summed E-state index contributed by atoms with van der Waals surface area (Å²) in [6.45, 7) is 1.88. The molecule has 5 nitrogen and oxygen atoms in total. The van der Waals surface area contributed by atoms with Gasteiger partial charge in [-0.25, -0.2) is 4.79 Å². The molecule has 8 heteroatoms. The lowest BCUT2D eigenvalue weighted by Gasteiger charge is -2.23. The van der Waals surface area contributed by atoms with Crippen LogP contribution < -0.4 is 10.6 Å². The highest BCUT2D eigenvalue weighted by Crippen LogP contribution is 2.29. The number of nitrogens with one attached hydrogen (secondary N) is 2. The van der Waals surface area contributed by atoms with Crippen LogP contribution in [0.1, 0.15) is 18.1 Å². The zero-order chi connectivity index (χ0) is 16.9. The predicted octanol–water partition coefficient (Wildman–Crippen LogP) is 1.98. The second-order valence-electron chi connectivity index (χ2n) is 4.85. The number of urea groups is 1. The summed E-state index contributed by atoms with van der Waals surface area (Å²) in [7, 11) is 3.03. The van der Waals surface area contributed by atoms with Crippen LogP contribution in [0.15, 0.2) is 24.3 Å². The van der Waals surface area contributed by atoms with Gasteiger partial charge in [-0.05, 0) is 31.7 Å². The fourth-order valence-corrected chi connectivity index (χ4v) is 1.70. The third-order valence-corrected chi connectivity index (χ3v) is 3.22. The van der Waals surface area contributed by atoms with E-state index in [0.717, 1.165) is 12.1 Å². The molecule has 0 radical (unpaired) electrons. The normalized spacial score (nSPS) is 12.9. The van der Waals surface area contributed by atoms with Gasteiger partial charge in [0.25, 0.3) is 0 Å². The fourth-order valence-electron chi connectivity index (χ4n) is 1.70. The third kappa shape index (κ3) is 5.03. The Labute approximate surface area is 126 Å². The topological polar surface area (TPSA) is 61.4 Å². The van der Waals surface area contributed by atoms with E-state index < -0.39 is 29.7 Å². The summed E-state index contributed by atoms with van der Waals surface area (Å²) < 4.78 is 37.4. The molecule has 1 atom stereocenters. The van der Waals surface area contributed by atoms with Gasteiger partial charge >= 0.3 is 12.2 Å². The number of hydrogen-bond donors (Lipinski definition) is 2. The first-order valence-corrected chi connectivity index (χ1v) is 6.54. The van der Waals surface area contributed by atoms with Crippen molar-refractivity contribution in [2.24, 2.45) is 0 Å². The minimum absolute atomic E-state index is 0.278. The van der Waals surface area contributed by atoms with Gasteiger partial charge in [-0.1, -0.05) is 12.1 Å². The number of likely N-dealkylation sites (N-methyl/N-ethyl adjacent to an activating group) is 1. The number of carbonyl (C=O) groups excluding carboxylic acids is 2. The molecule has 1 rings (SSSR count). The van der Waals surface area contributed by atoms with Gasteiger partial charge in [-0.15, -0.1) is 0 Å². The van der Waals surface area contributed by atoms with Crippen molar-refractivity contribution in [1.82, 2.24) is 15.5 Å². The second kappa shape index (κ2) is 7.26. The monoisotopic (exact) mass is 317 g/mol. The lowest BCUT2D eigenvalue weighted by Crippen LogP contribution is -2.47. The molecule has 0 aliphatic heterocycles. The van der Waals surface area contributed by atoms with Gasteiger partial charge in [0.2, 0.25) is 5.91 Å². The molecule has 0 bridgehead atoms. The average molecular weight is 317 g/mol. The zero-order valence-corrected chi connectivity index (χ0v) is 12.5. The van der Waals surface area contributed by atoms with E-state index in [1.807, 2.05) is 0 Å². The van der Waals surface area contributed by atoms with Crippen LogP contribution in [0.3, 0.4) is 0 Å². The number of carbonyl (C=O) groups is 2. The van der Waals surface area contributed by atoms with Crippen LogP contribution in [0, 0.1) is 0 Å². The van der Waals surface area contributed by atoms with Gasteiger partial charge in [-0.3, -0.25) is 15.0 Å². The molecule has 0 saturated carbocycles. The summed E-state index contributed by atoms with van der Waals surface area (Å²) in [6.07, 6.45) is -4.37. The van der Waals surface area contributed by atoms with Gasteiger partial charge < -0.3 is 5.32 Å². The third-order valence-electron chi connectivity index (χ3n) is 3.22. The molecule has 0 heterocycles. The number of amides is 3. The van der Waals surface area contributed by atoms with Gasteiger partial charge in [0, 0.05) is 13.6 Å². The van der Waals surface area contributed by atoms with E-state index in [1.54, 1.807) is 18.9 Å². The number of alkyl halides is 3. The molecule has 3 amide bonds. The van der Waals surface area contributed by atoms with Crippen molar-refractivity contribution in [2.45, 2.75) is 25.7 Å². The van der Waals surface area contributed by atoms with Crippen LogP contribution in [-0.2, 0) is 17.5 Å². The second-order valence-corrected chi connectivity index (χ2v) is 4.85. The van der Waals surface area contributed by atoms with Crippen LogP contribution in [0.25, 0.3) is 0 Å². The van der Waals surface area contributed by atoms with Gasteiger partial charge in [0.15, 0.2) is 0 Å². The first-order chi connectivity index (χ1) is 10.1. The number of imide groups is 1. The van der Waals surface area contributed by atoms with Crippen LogP contribution in [-0.4, -0.2) is 37.0 Å². The molecule has 0 aliphatic carbocycles. The highest BCUT2D eigenvalue weighted by Gasteiger charge is 2.30. The van der Waals surface area contributed by atoms with Crippen molar-refractivity contribution in [1.29, 1.82) is 0 Å². The molecule has 2 N–H and O–H groups in total. The average Bonchev–Trinajstić information content (AvgIpc) is 2.45. The summed E-state index contributed by atoms with van der Waals surface area (Å²) in [5.74, 6) is -0.492. The maximum atomic E-state index is 12.5. The summed E-state index contributed by atoms with van der Waals surface area (Å²) in [5.41, 5.74) is -0.0839. The first-order valence-electron chi connectivity index (χ1n) is 6.54. The Morgan fingerprint density at radius 2 is 1.77 bits per heavy atom. The number of halogens is 3. The Morgan fingerprint density at radius 3 is 2.23 bits per heavy atom. The lowest BCUT2D eigenvalue weighted by molar-refractivity contribution is -0.137. The summed E-state index contributed by atoms with van der Waals surface area (Å²) >= 11 is 0. The maximum absolute atomic E-state index is 12.5. The standard InChI is InChI=1S/C14H18F3N3O2/c1-9(12(21)19-13(22)18-2)20(3)8-10-4-6-11(7-5-10)14(15,16)17/h4-7,9H,8H2,1-3H3,(H2,18,19,21,22). The van der Waals surface area contributed by atoms with E-state index in [9.17, 15) is 22.8 Å². The Kier molecular flexibility index (Phi) is 5.92. The number of nitrogens with zero attached hydrogens (tertiary/aromatic N) is 1. The predicted molar refractivity (Wildman–Crippen MR) is 75.0 cm³/mol. The summed E-state index contributed by atoms with van der Waals surface area (Å²) in [6, 6.07) is 3.50. The molecule has 0 saturated heterocycles. The van der Waals surface area contributed by atoms with Gasteiger partial charge in [0.05, 0.1) is 11.6 Å². The Bertz CT molecular complexity index is 529. The number of rotatable bonds is 4. The zero-order valence-electron chi connectivity index (χ0n) is 12.5. The van der Waals surface area contributed by atoms with Crippen LogP contribution in [0.2, 0.25) is 0 Å². The molecule has 1 aromatic carbocycles. The van der Waals surface area contributed by atoms with Crippen molar-refractivity contribution >= 4 is 11.9 Å². The Balaban J connectivity index is 2.66. The molecule has 122 valence electrons. The lowest BCUT2D eigenvalue weighted by atomic mass is 10.1. The molecule has 0 fully saturated rings. The van der Waals surface area contributed by atoms with E-state index >= 15 is 0 Å².